The smallest absolute Gasteiger partial charge is 0.231 e. The maximum absolute atomic E-state index is 10.5. The highest BCUT2D eigenvalue weighted by Gasteiger charge is 2.18. The highest BCUT2D eigenvalue weighted by molar-refractivity contribution is 5.94. The van der Waals surface area contributed by atoms with E-state index < -0.39 is 0 Å². The van der Waals surface area contributed by atoms with Gasteiger partial charge in [-0.1, -0.05) is 48.5 Å². The molecule has 2 aromatic heterocycles. The van der Waals surface area contributed by atoms with Crippen LogP contribution in [0.15, 0.2) is 93.8 Å². The van der Waals surface area contributed by atoms with Gasteiger partial charge in [-0.2, -0.15) is 0 Å². The first-order chi connectivity index (χ1) is 16.6. The summed E-state index contributed by atoms with van der Waals surface area (Å²) >= 11 is 0. The summed E-state index contributed by atoms with van der Waals surface area (Å²) in [6.07, 6.45) is 0. The second-order valence-corrected chi connectivity index (χ2v) is 8.26. The number of aromatic nitrogens is 2. The van der Waals surface area contributed by atoms with Crippen LogP contribution in [0.2, 0.25) is 0 Å². The number of fused-ring (bicyclic) bond motifs is 4. The summed E-state index contributed by atoms with van der Waals surface area (Å²) < 4.78 is 12.0. The molecule has 7 rings (SSSR count). The van der Waals surface area contributed by atoms with Crippen molar-refractivity contribution in [2.24, 2.45) is 0 Å². The van der Waals surface area contributed by atoms with Crippen molar-refractivity contribution in [1.82, 2.24) is 9.97 Å². The van der Waals surface area contributed by atoms with Gasteiger partial charge in [-0.25, -0.2) is 9.97 Å². The normalized spacial score (nSPS) is 11.8. The van der Waals surface area contributed by atoms with Crippen LogP contribution in [0.3, 0.4) is 0 Å². The second kappa shape index (κ2) is 6.83. The van der Waals surface area contributed by atoms with Gasteiger partial charge in [0.1, 0.15) is 22.5 Å². The first kappa shape index (κ1) is 18.7. The van der Waals surface area contributed by atoms with Crippen LogP contribution in [-0.4, -0.2) is 20.2 Å². The van der Waals surface area contributed by atoms with E-state index in [1.807, 2.05) is 60.7 Å². The summed E-state index contributed by atoms with van der Waals surface area (Å²) in [6, 6.07) is 26.2. The van der Waals surface area contributed by atoms with E-state index in [-0.39, 0.29) is 11.5 Å². The number of phenols is 2. The summed E-state index contributed by atoms with van der Waals surface area (Å²) in [4.78, 5) is 9.17. The molecule has 0 aliphatic heterocycles. The van der Waals surface area contributed by atoms with Gasteiger partial charge in [-0.15, -0.1) is 0 Å². The largest absolute Gasteiger partial charge is 0.507 e. The average Bonchev–Trinajstić information content (AvgIpc) is 3.44. The van der Waals surface area contributed by atoms with E-state index in [0.717, 1.165) is 21.5 Å². The van der Waals surface area contributed by atoms with Crippen LogP contribution in [0.1, 0.15) is 0 Å². The lowest BCUT2D eigenvalue weighted by molar-refractivity contribution is 0.474. The van der Waals surface area contributed by atoms with E-state index in [9.17, 15) is 10.2 Å². The molecule has 162 valence electrons. The van der Waals surface area contributed by atoms with Crippen molar-refractivity contribution in [3.8, 4) is 34.4 Å². The molecule has 34 heavy (non-hydrogen) atoms. The van der Waals surface area contributed by atoms with Crippen molar-refractivity contribution in [3.63, 3.8) is 0 Å². The third-order valence-corrected chi connectivity index (χ3v) is 6.09. The van der Waals surface area contributed by atoms with E-state index >= 15 is 0 Å². The van der Waals surface area contributed by atoms with Crippen molar-refractivity contribution in [3.05, 3.63) is 84.9 Å². The summed E-state index contributed by atoms with van der Waals surface area (Å²) in [6.45, 7) is 0. The van der Waals surface area contributed by atoms with Crippen LogP contribution >= 0.6 is 0 Å². The van der Waals surface area contributed by atoms with Crippen molar-refractivity contribution < 1.29 is 19.0 Å². The van der Waals surface area contributed by atoms with Crippen LogP contribution in [0.5, 0.6) is 11.5 Å². The Morgan fingerprint density at radius 2 is 0.912 bits per heavy atom. The Balaban J connectivity index is 1.35. The highest BCUT2D eigenvalue weighted by atomic mass is 16.4. The van der Waals surface area contributed by atoms with E-state index in [4.69, 9.17) is 8.83 Å². The minimum absolute atomic E-state index is 0.0983. The molecule has 0 bridgehead atoms. The molecule has 0 aliphatic rings. The molecule has 6 heteroatoms. The van der Waals surface area contributed by atoms with E-state index in [1.165, 1.54) is 0 Å². The number of nitrogens with zero attached hydrogens (tertiary/aromatic N) is 2. The molecule has 2 N–H and O–H groups in total. The first-order valence-electron chi connectivity index (χ1n) is 10.8. The van der Waals surface area contributed by atoms with E-state index in [0.29, 0.717) is 45.1 Å². The zero-order chi connectivity index (χ0) is 22.8. The van der Waals surface area contributed by atoms with E-state index in [2.05, 4.69) is 9.97 Å². The van der Waals surface area contributed by atoms with Crippen LogP contribution < -0.4 is 0 Å². The van der Waals surface area contributed by atoms with Crippen molar-refractivity contribution >= 4 is 43.7 Å². The summed E-state index contributed by atoms with van der Waals surface area (Å²) in [7, 11) is 0. The Hall–Kier alpha value is -4.84. The summed E-state index contributed by atoms with van der Waals surface area (Å²) in [5, 5.41) is 24.9. The molecule has 6 nitrogen and oxygen atoms in total. The summed E-state index contributed by atoms with van der Waals surface area (Å²) in [5.41, 5.74) is 3.25. The molecular formula is C28H16N2O4. The number of hydrogen-bond acceptors (Lipinski definition) is 6. The fraction of sp³-hybridized carbons (Fsp3) is 0. The molecule has 0 atom stereocenters. The average molecular weight is 444 g/mol. The van der Waals surface area contributed by atoms with Crippen LogP contribution in [-0.2, 0) is 0 Å². The Morgan fingerprint density at radius 3 is 1.35 bits per heavy atom. The van der Waals surface area contributed by atoms with Gasteiger partial charge in [0.15, 0.2) is 11.2 Å². The maximum Gasteiger partial charge on any atom is 0.231 e. The van der Waals surface area contributed by atoms with Gasteiger partial charge in [0.2, 0.25) is 11.8 Å². The SMILES string of the molecule is Oc1cc2ccccc2cc1-c1nc2cc3nc(-c4cc5ccccc5cc4O)oc3cc2o1. The highest BCUT2D eigenvalue weighted by Crippen LogP contribution is 2.38. The van der Waals surface area contributed by atoms with Gasteiger partial charge in [-0.05, 0) is 51.9 Å². The minimum atomic E-state index is 0.0983. The van der Waals surface area contributed by atoms with Crippen LogP contribution in [0.25, 0.3) is 66.7 Å². The lowest BCUT2D eigenvalue weighted by Gasteiger charge is -2.03. The molecule has 0 saturated heterocycles. The number of benzene rings is 5. The maximum atomic E-state index is 10.5. The predicted octanol–water partition coefficient (Wildman–Crippen LogP) is 7.02. The molecule has 0 unspecified atom stereocenters. The third-order valence-electron chi connectivity index (χ3n) is 6.09. The molecule has 0 saturated carbocycles. The quantitative estimate of drug-likeness (QED) is 0.298. The van der Waals surface area contributed by atoms with E-state index in [1.54, 1.807) is 24.3 Å². The van der Waals surface area contributed by atoms with Gasteiger partial charge in [0.05, 0.1) is 11.1 Å². The van der Waals surface area contributed by atoms with Gasteiger partial charge in [0.25, 0.3) is 0 Å². The Labute approximate surface area is 192 Å². The van der Waals surface area contributed by atoms with Gasteiger partial charge >= 0.3 is 0 Å². The Bertz CT molecular complexity index is 1710. The molecule has 0 fully saturated rings. The molecular weight excluding hydrogens is 428 g/mol. The van der Waals surface area contributed by atoms with Crippen molar-refractivity contribution in [2.45, 2.75) is 0 Å². The molecule has 0 aliphatic carbocycles. The zero-order valence-corrected chi connectivity index (χ0v) is 17.7. The van der Waals surface area contributed by atoms with Gasteiger partial charge in [-0.3, -0.25) is 0 Å². The zero-order valence-electron chi connectivity index (χ0n) is 17.7. The third kappa shape index (κ3) is 2.82. The standard InChI is InChI=1S/C28H16N2O4/c31-23-11-17-7-3-1-5-15(17)9-19(23)27-29-21-13-22-26(14-25(21)33-27)34-28(30-22)20-10-16-6-2-4-8-18(16)12-24(20)32/h1-14,31-32H. The topological polar surface area (TPSA) is 92.5 Å². The number of phenolic OH excluding ortho intramolecular Hbond substituents is 2. The van der Waals surface area contributed by atoms with Gasteiger partial charge < -0.3 is 19.0 Å². The number of aromatic hydroxyl groups is 2. The predicted molar refractivity (Wildman–Crippen MR) is 131 cm³/mol. The molecule has 0 radical (unpaired) electrons. The first-order valence-corrected chi connectivity index (χ1v) is 10.8. The Morgan fingerprint density at radius 1 is 0.500 bits per heavy atom. The Kier molecular flexibility index (Phi) is 3.76. The molecule has 7 aromatic rings. The lowest BCUT2D eigenvalue weighted by atomic mass is 10.1. The minimum Gasteiger partial charge on any atom is -0.507 e. The summed E-state index contributed by atoms with van der Waals surface area (Å²) in [5.74, 6) is 0.832. The number of hydrogen-bond donors (Lipinski definition) is 2. The number of rotatable bonds is 2. The molecule has 5 aromatic carbocycles. The molecule has 0 amide bonds. The van der Waals surface area contributed by atoms with Crippen molar-refractivity contribution in [1.29, 1.82) is 0 Å². The van der Waals surface area contributed by atoms with Crippen molar-refractivity contribution in [2.75, 3.05) is 0 Å². The number of oxazole rings is 2. The fourth-order valence-electron chi connectivity index (χ4n) is 4.38. The van der Waals surface area contributed by atoms with Gasteiger partial charge in [0, 0.05) is 6.07 Å². The second-order valence-electron chi connectivity index (χ2n) is 8.26. The molecule has 0 spiro atoms. The van der Waals surface area contributed by atoms with Crippen LogP contribution in [0, 0.1) is 0 Å². The monoisotopic (exact) mass is 444 g/mol. The van der Waals surface area contributed by atoms with Crippen LogP contribution in [0.4, 0.5) is 0 Å². The fourth-order valence-corrected chi connectivity index (χ4v) is 4.38. The molecule has 2 heterocycles. The lowest BCUT2D eigenvalue weighted by Crippen LogP contribution is -1.81.